The zero-order valence-corrected chi connectivity index (χ0v) is 7.99. The van der Waals surface area contributed by atoms with Crippen LogP contribution in [0.25, 0.3) is 0 Å². The zero-order valence-electron chi connectivity index (χ0n) is 7.99. The monoisotopic (exact) mass is 190 g/mol. The third-order valence-electron chi connectivity index (χ3n) is 1.69. The molecule has 13 heavy (non-hydrogen) atoms. The first kappa shape index (κ1) is 12.2. The van der Waals surface area contributed by atoms with Gasteiger partial charge in [-0.2, -0.15) is 0 Å². The second-order valence-corrected chi connectivity index (χ2v) is 2.88. The van der Waals surface area contributed by atoms with E-state index in [0.29, 0.717) is 6.54 Å². The average Bonchev–Trinajstić information content (AvgIpc) is 2.10. The van der Waals surface area contributed by atoms with Crippen LogP contribution in [0, 0.1) is 0 Å². The summed E-state index contributed by atoms with van der Waals surface area (Å²) >= 11 is 0. The van der Waals surface area contributed by atoms with Gasteiger partial charge >= 0.3 is 6.09 Å². The topological polar surface area (TPSA) is 72.8 Å². The number of carbonyl (C=O) groups is 1. The van der Waals surface area contributed by atoms with Crippen LogP contribution in [0.1, 0.15) is 12.8 Å². The van der Waals surface area contributed by atoms with Gasteiger partial charge in [0, 0.05) is 20.2 Å². The predicted octanol–water partition coefficient (Wildman–Crippen LogP) is -0.0417. The van der Waals surface area contributed by atoms with E-state index < -0.39 is 6.09 Å². The lowest BCUT2D eigenvalue weighted by atomic mass is 10.4. The highest BCUT2D eigenvalue weighted by molar-refractivity contribution is 5.64. The predicted molar refractivity (Wildman–Crippen MR) is 49.8 cm³/mol. The molecule has 0 spiro atoms. The molecule has 0 saturated heterocycles. The van der Waals surface area contributed by atoms with Crippen LogP contribution in [-0.2, 0) is 0 Å². The lowest BCUT2D eigenvalue weighted by Crippen LogP contribution is -2.28. The molecule has 0 aliphatic carbocycles. The largest absolute Gasteiger partial charge is 0.465 e. The van der Waals surface area contributed by atoms with E-state index in [0.717, 1.165) is 25.9 Å². The maximum atomic E-state index is 10.3. The average molecular weight is 190 g/mol. The summed E-state index contributed by atoms with van der Waals surface area (Å²) in [4.78, 5) is 11.6. The van der Waals surface area contributed by atoms with E-state index in [9.17, 15) is 4.79 Å². The van der Waals surface area contributed by atoms with Crippen LogP contribution in [0.4, 0.5) is 4.79 Å². The molecule has 0 aliphatic rings. The number of carboxylic acid groups (broad SMARTS) is 1. The molecule has 0 fully saturated rings. The van der Waals surface area contributed by atoms with Gasteiger partial charge in [-0.1, -0.05) is 0 Å². The van der Waals surface area contributed by atoms with E-state index >= 15 is 0 Å². The summed E-state index contributed by atoms with van der Waals surface area (Å²) in [6.45, 7) is 2.31. The lowest BCUT2D eigenvalue weighted by Gasteiger charge is -2.12. The normalized spacial score (nSPS) is 10.0. The van der Waals surface area contributed by atoms with Gasteiger partial charge in [0.05, 0.1) is 0 Å². The van der Waals surface area contributed by atoms with Crippen molar-refractivity contribution in [3.8, 4) is 0 Å². The van der Waals surface area contributed by atoms with E-state index in [2.05, 4.69) is 5.32 Å². The van der Waals surface area contributed by atoms with Gasteiger partial charge in [0.25, 0.3) is 0 Å². The smallest absolute Gasteiger partial charge is 0.407 e. The van der Waals surface area contributed by atoms with Crippen molar-refractivity contribution in [1.82, 2.24) is 10.2 Å². The molecule has 0 rings (SSSR count). The molecule has 0 bridgehead atoms. The van der Waals surface area contributed by atoms with Crippen LogP contribution in [-0.4, -0.2) is 54.5 Å². The number of amides is 1. The first-order valence-corrected chi connectivity index (χ1v) is 4.44. The number of nitrogens with one attached hydrogen (secondary N) is 1. The molecule has 5 heteroatoms. The second kappa shape index (κ2) is 7.82. The molecular weight excluding hydrogens is 172 g/mol. The summed E-state index contributed by atoms with van der Waals surface area (Å²) in [5.74, 6) is 0. The van der Waals surface area contributed by atoms with Crippen molar-refractivity contribution in [3.05, 3.63) is 0 Å². The number of hydrogen-bond donors (Lipinski definition) is 3. The van der Waals surface area contributed by atoms with Crippen molar-refractivity contribution >= 4 is 6.09 Å². The fraction of sp³-hybridized carbons (Fsp3) is 0.875. The van der Waals surface area contributed by atoms with Gasteiger partial charge in [0.15, 0.2) is 0 Å². The van der Waals surface area contributed by atoms with Crippen LogP contribution in [0.2, 0.25) is 0 Å². The minimum absolute atomic E-state index is 0.196. The molecule has 0 aromatic carbocycles. The Bertz CT molecular complexity index is 141. The van der Waals surface area contributed by atoms with Crippen LogP contribution < -0.4 is 5.32 Å². The van der Waals surface area contributed by atoms with Gasteiger partial charge in [-0.15, -0.1) is 0 Å². The summed E-state index contributed by atoms with van der Waals surface area (Å²) in [7, 11) is 1.55. The van der Waals surface area contributed by atoms with Gasteiger partial charge < -0.3 is 20.4 Å². The minimum Gasteiger partial charge on any atom is -0.465 e. The molecule has 0 saturated carbocycles. The summed E-state index contributed by atoms with van der Waals surface area (Å²) in [6, 6.07) is 0. The molecule has 3 N–H and O–H groups in total. The number of aliphatic hydroxyl groups is 1. The summed E-state index contributed by atoms with van der Waals surface area (Å²) in [6.07, 6.45) is 0.651. The first-order chi connectivity index (χ1) is 6.18. The summed E-state index contributed by atoms with van der Waals surface area (Å²) < 4.78 is 0. The Labute approximate surface area is 78.4 Å². The van der Waals surface area contributed by atoms with E-state index in [1.54, 1.807) is 7.05 Å². The Kier molecular flexibility index (Phi) is 7.33. The van der Waals surface area contributed by atoms with Crippen molar-refractivity contribution in [2.75, 3.05) is 33.3 Å². The van der Waals surface area contributed by atoms with Crippen LogP contribution >= 0.6 is 0 Å². The van der Waals surface area contributed by atoms with E-state index in [1.807, 2.05) is 0 Å². The highest BCUT2D eigenvalue weighted by Crippen LogP contribution is 1.86. The zero-order chi connectivity index (χ0) is 10.1. The molecule has 78 valence electrons. The lowest BCUT2D eigenvalue weighted by molar-refractivity contribution is 0.155. The van der Waals surface area contributed by atoms with Crippen LogP contribution in [0.5, 0.6) is 0 Å². The standard InChI is InChI=1S/C8H18N2O3/c1-10(8(12)13)6-2-4-9-5-3-7-11/h9,11H,2-7H2,1H3,(H,12,13). The highest BCUT2D eigenvalue weighted by atomic mass is 16.4. The van der Waals surface area contributed by atoms with Crippen molar-refractivity contribution in [2.45, 2.75) is 12.8 Å². The molecule has 0 aromatic heterocycles. The number of nitrogens with zero attached hydrogens (tertiary/aromatic N) is 1. The molecule has 0 heterocycles. The maximum absolute atomic E-state index is 10.3. The Morgan fingerprint density at radius 1 is 1.38 bits per heavy atom. The van der Waals surface area contributed by atoms with Crippen molar-refractivity contribution in [1.29, 1.82) is 0 Å². The Morgan fingerprint density at radius 3 is 2.54 bits per heavy atom. The summed E-state index contributed by atoms with van der Waals surface area (Å²) in [5.41, 5.74) is 0. The third kappa shape index (κ3) is 7.55. The third-order valence-corrected chi connectivity index (χ3v) is 1.69. The second-order valence-electron chi connectivity index (χ2n) is 2.88. The Morgan fingerprint density at radius 2 is 2.00 bits per heavy atom. The van der Waals surface area contributed by atoms with Gasteiger partial charge in [-0.3, -0.25) is 0 Å². The number of hydrogen-bond acceptors (Lipinski definition) is 3. The molecule has 0 atom stereocenters. The van der Waals surface area contributed by atoms with Gasteiger partial charge in [0.1, 0.15) is 0 Å². The minimum atomic E-state index is -0.893. The SMILES string of the molecule is CN(CCCNCCCO)C(=O)O. The van der Waals surface area contributed by atoms with Crippen molar-refractivity contribution in [3.63, 3.8) is 0 Å². The van der Waals surface area contributed by atoms with E-state index in [-0.39, 0.29) is 6.61 Å². The molecule has 1 amide bonds. The quantitative estimate of drug-likeness (QED) is 0.492. The van der Waals surface area contributed by atoms with Crippen molar-refractivity contribution < 1.29 is 15.0 Å². The van der Waals surface area contributed by atoms with E-state index in [4.69, 9.17) is 10.2 Å². The molecule has 0 aromatic rings. The van der Waals surface area contributed by atoms with Gasteiger partial charge in [0.2, 0.25) is 0 Å². The fourth-order valence-corrected chi connectivity index (χ4v) is 0.866. The van der Waals surface area contributed by atoms with Crippen molar-refractivity contribution in [2.24, 2.45) is 0 Å². The molecule has 5 nitrogen and oxygen atoms in total. The Balaban J connectivity index is 3.11. The van der Waals surface area contributed by atoms with E-state index in [1.165, 1.54) is 4.90 Å². The Hall–Kier alpha value is -0.810. The number of rotatable bonds is 7. The number of aliphatic hydroxyl groups excluding tert-OH is 1. The molecule has 0 aliphatic heterocycles. The molecular formula is C8H18N2O3. The van der Waals surface area contributed by atoms with Crippen LogP contribution in [0.3, 0.4) is 0 Å². The fourth-order valence-electron chi connectivity index (χ4n) is 0.866. The molecule has 0 unspecified atom stereocenters. The maximum Gasteiger partial charge on any atom is 0.407 e. The summed E-state index contributed by atoms with van der Waals surface area (Å²) in [5, 5.41) is 20.1. The molecule has 0 radical (unpaired) electrons. The first-order valence-electron chi connectivity index (χ1n) is 4.44. The van der Waals surface area contributed by atoms with Crippen LogP contribution in [0.15, 0.2) is 0 Å². The van der Waals surface area contributed by atoms with Gasteiger partial charge in [-0.25, -0.2) is 4.79 Å². The van der Waals surface area contributed by atoms with Gasteiger partial charge in [-0.05, 0) is 25.9 Å². The highest BCUT2D eigenvalue weighted by Gasteiger charge is 2.02.